The number of aromatic nitrogens is 2. The van der Waals surface area contributed by atoms with E-state index in [1.54, 1.807) is 0 Å². The number of nitrogens with zero attached hydrogens (tertiary/aromatic N) is 3. The van der Waals surface area contributed by atoms with Crippen LogP contribution < -0.4 is 4.90 Å². The summed E-state index contributed by atoms with van der Waals surface area (Å²) in [5, 5.41) is 11.6. The van der Waals surface area contributed by atoms with E-state index in [9.17, 15) is 9.90 Å². The molecule has 1 aliphatic rings. The van der Waals surface area contributed by atoms with Gasteiger partial charge in [-0.05, 0) is 37.0 Å². The molecule has 23 heavy (non-hydrogen) atoms. The van der Waals surface area contributed by atoms with Gasteiger partial charge in [-0.3, -0.25) is 0 Å². The van der Waals surface area contributed by atoms with Crippen LogP contribution in [0.1, 0.15) is 12.8 Å². The van der Waals surface area contributed by atoms with Gasteiger partial charge in [0, 0.05) is 23.5 Å². The number of halogens is 1. The molecule has 1 unspecified atom stereocenters. The van der Waals surface area contributed by atoms with Gasteiger partial charge in [0.2, 0.25) is 0 Å². The lowest BCUT2D eigenvalue weighted by Gasteiger charge is -2.34. The maximum atomic E-state index is 11.5. The molecule has 0 saturated carbocycles. The van der Waals surface area contributed by atoms with Gasteiger partial charge in [-0.1, -0.05) is 11.6 Å². The van der Waals surface area contributed by atoms with Gasteiger partial charge in [-0.25, -0.2) is 14.8 Å². The number of rotatable bonds is 3. The zero-order valence-corrected chi connectivity index (χ0v) is 13.5. The van der Waals surface area contributed by atoms with Crippen LogP contribution in [-0.2, 0) is 9.53 Å². The van der Waals surface area contributed by atoms with Crippen LogP contribution in [-0.4, -0.2) is 47.3 Å². The molecule has 122 valence electrons. The molecule has 2 aromatic rings. The molecule has 1 aromatic heterocycles. The molecule has 0 spiro atoms. The molecule has 7 heteroatoms. The second-order valence-corrected chi connectivity index (χ2v) is 6.09. The Hall–Kier alpha value is -1.92. The number of hydrogen-bond donors (Lipinski definition) is 1. The molecule has 1 aromatic carbocycles. The lowest BCUT2D eigenvalue weighted by molar-refractivity contribution is -0.153. The predicted octanol–water partition coefficient (Wildman–Crippen LogP) is 2.03. The van der Waals surface area contributed by atoms with Gasteiger partial charge in [0.15, 0.2) is 6.10 Å². The molecule has 1 N–H and O–H groups in total. The van der Waals surface area contributed by atoms with Crippen molar-refractivity contribution in [2.75, 3.05) is 25.1 Å². The van der Waals surface area contributed by atoms with E-state index in [1.165, 1.54) is 13.4 Å². The van der Waals surface area contributed by atoms with Crippen LogP contribution in [0.15, 0.2) is 24.5 Å². The first-order valence-corrected chi connectivity index (χ1v) is 7.89. The molecular formula is C16H18ClN3O3. The minimum absolute atomic E-state index is 0.0822. The van der Waals surface area contributed by atoms with Gasteiger partial charge >= 0.3 is 5.97 Å². The van der Waals surface area contributed by atoms with E-state index in [0.29, 0.717) is 31.0 Å². The van der Waals surface area contributed by atoms with Gasteiger partial charge in [0.1, 0.15) is 12.1 Å². The van der Waals surface area contributed by atoms with E-state index >= 15 is 0 Å². The summed E-state index contributed by atoms with van der Waals surface area (Å²) < 4.78 is 4.61. The Morgan fingerprint density at radius 2 is 2.13 bits per heavy atom. The number of methoxy groups -OCH3 is 1. The second kappa shape index (κ2) is 6.68. The van der Waals surface area contributed by atoms with Crippen LogP contribution in [0.3, 0.4) is 0 Å². The molecule has 1 atom stereocenters. The summed E-state index contributed by atoms with van der Waals surface area (Å²) in [5.41, 5.74) is 0.805. The minimum atomic E-state index is -1.05. The maximum absolute atomic E-state index is 11.5. The van der Waals surface area contributed by atoms with E-state index in [-0.39, 0.29) is 5.92 Å². The van der Waals surface area contributed by atoms with Gasteiger partial charge in [-0.15, -0.1) is 0 Å². The molecular weight excluding hydrogens is 318 g/mol. The Balaban J connectivity index is 1.77. The highest BCUT2D eigenvalue weighted by atomic mass is 35.5. The van der Waals surface area contributed by atoms with E-state index in [1.807, 2.05) is 18.2 Å². The van der Waals surface area contributed by atoms with Crippen LogP contribution >= 0.6 is 11.6 Å². The fraction of sp³-hybridized carbons (Fsp3) is 0.438. The quantitative estimate of drug-likeness (QED) is 0.865. The van der Waals surface area contributed by atoms with Crippen molar-refractivity contribution in [3.8, 4) is 0 Å². The zero-order valence-electron chi connectivity index (χ0n) is 12.8. The van der Waals surface area contributed by atoms with Crippen LogP contribution in [0, 0.1) is 5.92 Å². The summed E-state index contributed by atoms with van der Waals surface area (Å²) in [4.78, 5) is 22.3. The number of anilines is 1. The fourth-order valence-electron chi connectivity index (χ4n) is 3.01. The molecule has 1 saturated heterocycles. The number of carbonyl (C=O) groups excluding carboxylic acids is 1. The third-order valence-corrected chi connectivity index (χ3v) is 4.54. The minimum Gasteiger partial charge on any atom is -0.467 e. The number of benzene rings is 1. The van der Waals surface area contributed by atoms with Crippen molar-refractivity contribution in [2.24, 2.45) is 5.92 Å². The SMILES string of the molecule is COC(=O)C(O)C1CCN(c2ncnc3cc(Cl)ccc23)CC1. The van der Waals surface area contributed by atoms with Gasteiger partial charge in [-0.2, -0.15) is 0 Å². The third-order valence-electron chi connectivity index (χ3n) is 4.31. The average Bonchev–Trinajstić information content (AvgIpc) is 2.59. The molecule has 0 amide bonds. The van der Waals surface area contributed by atoms with Crippen LogP contribution in [0.2, 0.25) is 5.02 Å². The zero-order chi connectivity index (χ0) is 16.4. The van der Waals surface area contributed by atoms with Crippen molar-refractivity contribution in [3.63, 3.8) is 0 Å². The molecule has 0 radical (unpaired) electrons. The largest absolute Gasteiger partial charge is 0.467 e. The number of esters is 1. The smallest absolute Gasteiger partial charge is 0.334 e. The van der Waals surface area contributed by atoms with Crippen molar-refractivity contribution in [1.82, 2.24) is 9.97 Å². The van der Waals surface area contributed by atoms with E-state index < -0.39 is 12.1 Å². The monoisotopic (exact) mass is 335 g/mol. The molecule has 1 fully saturated rings. The second-order valence-electron chi connectivity index (χ2n) is 5.65. The van der Waals surface area contributed by atoms with Crippen LogP contribution in [0.4, 0.5) is 5.82 Å². The van der Waals surface area contributed by atoms with Crippen molar-refractivity contribution in [3.05, 3.63) is 29.5 Å². The third kappa shape index (κ3) is 3.23. The molecule has 0 bridgehead atoms. The highest BCUT2D eigenvalue weighted by Gasteiger charge is 2.31. The molecule has 2 heterocycles. The van der Waals surface area contributed by atoms with Crippen molar-refractivity contribution >= 4 is 34.3 Å². The van der Waals surface area contributed by atoms with Crippen LogP contribution in [0.25, 0.3) is 10.9 Å². The Labute approximate surface area is 139 Å². The van der Waals surface area contributed by atoms with Crippen molar-refractivity contribution < 1.29 is 14.6 Å². The van der Waals surface area contributed by atoms with Crippen molar-refractivity contribution in [2.45, 2.75) is 18.9 Å². The summed E-state index contributed by atoms with van der Waals surface area (Å²) >= 11 is 6.01. The maximum Gasteiger partial charge on any atom is 0.334 e. The number of piperidine rings is 1. The molecule has 3 rings (SSSR count). The molecule has 1 aliphatic heterocycles. The van der Waals surface area contributed by atoms with Crippen molar-refractivity contribution in [1.29, 1.82) is 0 Å². The molecule has 6 nitrogen and oxygen atoms in total. The fourth-order valence-corrected chi connectivity index (χ4v) is 3.17. The van der Waals surface area contributed by atoms with E-state index in [0.717, 1.165) is 16.7 Å². The van der Waals surface area contributed by atoms with E-state index in [4.69, 9.17) is 11.6 Å². The number of hydrogen-bond acceptors (Lipinski definition) is 6. The lowest BCUT2D eigenvalue weighted by Crippen LogP contribution is -2.41. The standard InChI is InChI=1S/C16H18ClN3O3/c1-23-16(22)14(21)10-4-6-20(7-5-10)15-12-3-2-11(17)8-13(12)18-9-19-15/h2-3,8-10,14,21H,4-7H2,1H3. The summed E-state index contributed by atoms with van der Waals surface area (Å²) in [7, 11) is 1.29. The number of aliphatic hydroxyl groups is 1. The summed E-state index contributed by atoms with van der Waals surface area (Å²) in [6.07, 6.45) is 1.89. The summed E-state index contributed by atoms with van der Waals surface area (Å²) in [5.74, 6) is 0.212. The number of carbonyl (C=O) groups is 1. The first kappa shape index (κ1) is 16.0. The first-order valence-electron chi connectivity index (χ1n) is 7.51. The van der Waals surface area contributed by atoms with Gasteiger partial charge in [0.25, 0.3) is 0 Å². The Bertz CT molecular complexity index is 717. The Kier molecular flexibility index (Phi) is 4.63. The first-order chi connectivity index (χ1) is 11.1. The number of fused-ring (bicyclic) bond motifs is 1. The normalized spacial score (nSPS) is 17.3. The van der Waals surface area contributed by atoms with E-state index in [2.05, 4.69) is 19.6 Å². The Morgan fingerprint density at radius 3 is 2.83 bits per heavy atom. The lowest BCUT2D eigenvalue weighted by atomic mass is 9.91. The van der Waals surface area contributed by atoms with Crippen LogP contribution in [0.5, 0.6) is 0 Å². The number of ether oxygens (including phenoxy) is 1. The van der Waals surface area contributed by atoms with Gasteiger partial charge in [0.05, 0.1) is 12.6 Å². The average molecular weight is 336 g/mol. The summed E-state index contributed by atoms with van der Waals surface area (Å²) in [6.45, 7) is 1.43. The highest BCUT2D eigenvalue weighted by Crippen LogP contribution is 2.29. The molecule has 0 aliphatic carbocycles. The predicted molar refractivity (Wildman–Crippen MR) is 87.5 cm³/mol. The number of aliphatic hydroxyl groups excluding tert-OH is 1. The topological polar surface area (TPSA) is 75.6 Å². The van der Waals surface area contributed by atoms with Gasteiger partial charge < -0.3 is 14.7 Å². The highest BCUT2D eigenvalue weighted by molar-refractivity contribution is 6.31. The summed E-state index contributed by atoms with van der Waals surface area (Å²) in [6, 6.07) is 5.56. The Morgan fingerprint density at radius 1 is 1.39 bits per heavy atom.